The molecule has 0 fully saturated rings. The van der Waals surface area contributed by atoms with Gasteiger partial charge in [0.05, 0.1) is 6.10 Å². The molecule has 0 saturated heterocycles. The minimum Gasteiger partial charge on any atom is -0.372 e. The summed E-state index contributed by atoms with van der Waals surface area (Å²) in [4.78, 5) is 0. The van der Waals surface area contributed by atoms with Crippen molar-refractivity contribution in [2.45, 2.75) is 72.1 Å². The maximum atomic E-state index is 5.61. The summed E-state index contributed by atoms with van der Waals surface area (Å²) in [5, 5.41) is 0. The summed E-state index contributed by atoms with van der Waals surface area (Å²) in [5.41, 5.74) is 0. The van der Waals surface area contributed by atoms with E-state index in [2.05, 4.69) is 20.8 Å². The molecule has 0 aromatic heterocycles. The minimum atomic E-state index is 0.914. The molecule has 85 valence electrons. The fraction of sp³-hybridized carbons (Fsp3) is 0.923. The molecule has 0 aromatic carbocycles. The van der Waals surface area contributed by atoms with Crippen LogP contribution in [0.15, 0.2) is 0 Å². The van der Waals surface area contributed by atoms with Gasteiger partial charge in [-0.3, -0.25) is 0 Å². The highest BCUT2D eigenvalue weighted by Crippen LogP contribution is 2.14. The molecule has 0 aromatic rings. The Morgan fingerprint density at radius 3 is 2.14 bits per heavy atom. The first-order chi connectivity index (χ1) is 6.81. The lowest BCUT2D eigenvalue weighted by Gasteiger charge is -2.10. The van der Waals surface area contributed by atoms with Crippen LogP contribution in [0.1, 0.15) is 72.1 Å². The second-order valence-corrected chi connectivity index (χ2v) is 4.07. The summed E-state index contributed by atoms with van der Waals surface area (Å²) in [6.45, 7) is 7.49. The highest BCUT2D eigenvalue weighted by molar-refractivity contribution is 4.70. The Labute approximate surface area is 90.2 Å². The number of hydrogen-bond acceptors (Lipinski definition) is 1. The molecule has 0 N–H and O–H groups in total. The Kier molecular flexibility index (Phi) is 11.0. The average molecular weight is 199 g/mol. The van der Waals surface area contributed by atoms with Crippen molar-refractivity contribution in [1.82, 2.24) is 0 Å². The molecule has 0 bridgehead atoms. The lowest BCUT2D eigenvalue weighted by molar-refractivity contribution is 0.136. The predicted octanol–water partition coefficient (Wildman–Crippen LogP) is 4.72. The summed E-state index contributed by atoms with van der Waals surface area (Å²) >= 11 is 0. The van der Waals surface area contributed by atoms with Crippen molar-refractivity contribution in [3.63, 3.8) is 0 Å². The van der Waals surface area contributed by atoms with Gasteiger partial charge in [0.1, 0.15) is 0 Å². The molecule has 0 spiro atoms. The van der Waals surface area contributed by atoms with Crippen LogP contribution in [-0.4, -0.2) is 6.61 Å². The van der Waals surface area contributed by atoms with Crippen molar-refractivity contribution < 1.29 is 4.74 Å². The minimum absolute atomic E-state index is 0.914. The highest BCUT2D eigenvalue weighted by Gasteiger charge is 2.02. The third-order valence-corrected chi connectivity index (χ3v) is 2.48. The molecule has 0 saturated carbocycles. The van der Waals surface area contributed by atoms with Gasteiger partial charge in [0.2, 0.25) is 0 Å². The lowest BCUT2D eigenvalue weighted by atomic mass is 10.1. The summed E-state index contributed by atoms with van der Waals surface area (Å²) in [6.07, 6.45) is 11.6. The molecule has 0 unspecified atom stereocenters. The van der Waals surface area contributed by atoms with Crippen LogP contribution < -0.4 is 0 Å². The summed E-state index contributed by atoms with van der Waals surface area (Å²) < 4.78 is 5.61. The van der Waals surface area contributed by atoms with Crippen molar-refractivity contribution in [1.29, 1.82) is 0 Å². The van der Waals surface area contributed by atoms with Gasteiger partial charge in [-0.1, -0.05) is 52.4 Å². The average Bonchev–Trinajstić information content (AvgIpc) is 2.18. The van der Waals surface area contributed by atoms with Crippen LogP contribution in [0.25, 0.3) is 0 Å². The molecule has 1 nitrogen and oxygen atoms in total. The molecule has 0 atom stereocenters. The highest BCUT2D eigenvalue weighted by atomic mass is 16.5. The van der Waals surface area contributed by atoms with Gasteiger partial charge in [-0.25, -0.2) is 0 Å². The first kappa shape index (κ1) is 14.0. The Morgan fingerprint density at radius 2 is 1.50 bits per heavy atom. The maximum absolute atomic E-state index is 5.61. The van der Waals surface area contributed by atoms with E-state index in [1.54, 1.807) is 0 Å². The molecule has 0 amide bonds. The van der Waals surface area contributed by atoms with Crippen LogP contribution in [0.5, 0.6) is 0 Å². The summed E-state index contributed by atoms with van der Waals surface area (Å²) in [5.74, 6) is 0. The van der Waals surface area contributed by atoms with Gasteiger partial charge in [-0.2, -0.15) is 0 Å². The van der Waals surface area contributed by atoms with Gasteiger partial charge in [0, 0.05) is 6.61 Å². The molecule has 0 heterocycles. The fourth-order valence-electron chi connectivity index (χ4n) is 1.44. The van der Waals surface area contributed by atoms with E-state index in [9.17, 15) is 0 Å². The number of unbranched alkanes of at least 4 members (excludes halogenated alkanes) is 5. The van der Waals surface area contributed by atoms with Crippen LogP contribution in [-0.2, 0) is 4.74 Å². The Balaban J connectivity index is 3.06. The van der Waals surface area contributed by atoms with E-state index in [1.807, 2.05) is 0 Å². The molecule has 14 heavy (non-hydrogen) atoms. The third-order valence-electron chi connectivity index (χ3n) is 2.48. The second-order valence-electron chi connectivity index (χ2n) is 4.07. The molecule has 0 aliphatic carbocycles. The van der Waals surface area contributed by atoms with Crippen LogP contribution >= 0.6 is 0 Å². The topological polar surface area (TPSA) is 9.23 Å². The van der Waals surface area contributed by atoms with Crippen molar-refractivity contribution in [2.24, 2.45) is 0 Å². The van der Waals surface area contributed by atoms with Gasteiger partial charge in [0.25, 0.3) is 0 Å². The molecule has 1 heteroatoms. The Bertz CT molecular complexity index is 101. The zero-order valence-electron chi connectivity index (χ0n) is 10.3. The van der Waals surface area contributed by atoms with Gasteiger partial charge in [-0.05, 0) is 19.8 Å². The van der Waals surface area contributed by atoms with Gasteiger partial charge in [0.15, 0.2) is 0 Å². The van der Waals surface area contributed by atoms with Crippen LogP contribution in [0.3, 0.4) is 0 Å². The fourth-order valence-corrected chi connectivity index (χ4v) is 1.44. The van der Waals surface area contributed by atoms with Gasteiger partial charge in [-0.15, -0.1) is 0 Å². The smallest absolute Gasteiger partial charge is 0.0940 e. The van der Waals surface area contributed by atoms with Crippen LogP contribution in [0, 0.1) is 6.10 Å². The van der Waals surface area contributed by atoms with E-state index in [4.69, 9.17) is 4.74 Å². The Hall–Kier alpha value is -0.0400. The second kappa shape index (κ2) is 11.0. The van der Waals surface area contributed by atoms with E-state index >= 15 is 0 Å². The number of hydrogen-bond donors (Lipinski definition) is 0. The van der Waals surface area contributed by atoms with Gasteiger partial charge >= 0.3 is 0 Å². The standard InChI is InChI=1S/C13H27O/c1-4-6-8-9-10-11-13(3)14-12-7-5-2/h4-12H2,1-3H3. The zero-order valence-corrected chi connectivity index (χ0v) is 10.3. The zero-order chi connectivity index (χ0) is 10.6. The van der Waals surface area contributed by atoms with Crippen LogP contribution in [0.2, 0.25) is 0 Å². The monoisotopic (exact) mass is 199 g/mol. The maximum Gasteiger partial charge on any atom is 0.0940 e. The van der Waals surface area contributed by atoms with E-state index in [1.165, 1.54) is 51.0 Å². The number of ether oxygens (including phenoxy) is 1. The molecular formula is C13H27O. The third kappa shape index (κ3) is 10.0. The van der Waals surface area contributed by atoms with Crippen LogP contribution in [0.4, 0.5) is 0 Å². The SMILES string of the molecule is CCCCCCC[C](C)OCCCC. The molecule has 1 radical (unpaired) electrons. The van der Waals surface area contributed by atoms with Crippen molar-refractivity contribution in [3.05, 3.63) is 6.10 Å². The summed E-state index contributed by atoms with van der Waals surface area (Å²) in [7, 11) is 0. The van der Waals surface area contributed by atoms with E-state index < -0.39 is 0 Å². The molecule has 0 rings (SSSR count). The molecular weight excluding hydrogens is 172 g/mol. The van der Waals surface area contributed by atoms with Crippen molar-refractivity contribution in [2.75, 3.05) is 6.61 Å². The van der Waals surface area contributed by atoms with E-state index in [-0.39, 0.29) is 0 Å². The first-order valence-corrected chi connectivity index (χ1v) is 6.26. The largest absolute Gasteiger partial charge is 0.372 e. The van der Waals surface area contributed by atoms with E-state index in [0.717, 1.165) is 13.0 Å². The van der Waals surface area contributed by atoms with Crippen molar-refractivity contribution in [3.8, 4) is 0 Å². The lowest BCUT2D eigenvalue weighted by Crippen LogP contribution is -2.00. The quantitative estimate of drug-likeness (QED) is 0.463. The molecule has 0 aliphatic rings. The van der Waals surface area contributed by atoms with E-state index in [0.29, 0.717) is 0 Å². The number of rotatable bonds is 10. The predicted molar refractivity (Wildman–Crippen MR) is 63.2 cm³/mol. The molecule has 0 aliphatic heterocycles. The normalized spacial score (nSPS) is 11.1. The summed E-state index contributed by atoms with van der Waals surface area (Å²) in [6, 6.07) is 0. The van der Waals surface area contributed by atoms with Crippen molar-refractivity contribution >= 4 is 0 Å². The van der Waals surface area contributed by atoms with Gasteiger partial charge < -0.3 is 4.74 Å². The Morgan fingerprint density at radius 1 is 0.857 bits per heavy atom. The first-order valence-electron chi connectivity index (χ1n) is 6.26.